The third-order valence-electron chi connectivity index (χ3n) is 9.99. The van der Waals surface area contributed by atoms with E-state index in [1.165, 1.54) is 38.5 Å². The number of carbonyl (C=O) groups is 2. The molecule has 8 bridgehead atoms. The molecule has 0 aromatic rings. The van der Waals surface area contributed by atoms with Crippen LogP contribution < -0.4 is 10.6 Å². The van der Waals surface area contributed by atoms with Crippen molar-refractivity contribution in [1.29, 1.82) is 0 Å². The molecule has 29 heavy (non-hydrogen) atoms. The van der Waals surface area contributed by atoms with Crippen molar-refractivity contribution >= 4 is 11.8 Å². The predicted octanol–water partition coefficient (Wildman–Crippen LogP) is 4.04. The average molecular weight is 399 g/mol. The fraction of sp³-hybridized carbons (Fsp3) is 0.920. The molecule has 0 radical (unpaired) electrons. The van der Waals surface area contributed by atoms with Crippen LogP contribution in [0.15, 0.2) is 0 Å². The molecule has 2 N–H and O–H groups in total. The molecule has 0 spiro atoms. The van der Waals surface area contributed by atoms with Gasteiger partial charge >= 0.3 is 0 Å². The van der Waals surface area contributed by atoms with Crippen molar-refractivity contribution in [3.8, 4) is 0 Å². The van der Waals surface area contributed by atoms with Gasteiger partial charge in [0.15, 0.2) is 0 Å². The summed E-state index contributed by atoms with van der Waals surface area (Å²) in [6, 6.07) is 0.0216. The summed E-state index contributed by atoms with van der Waals surface area (Å²) >= 11 is 0. The molecule has 4 heteroatoms. The van der Waals surface area contributed by atoms with Crippen LogP contribution >= 0.6 is 0 Å². The fourth-order valence-electron chi connectivity index (χ4n) is 9.64. The largest absolute Gasteiger partial charge is 0.354 e. The summed E-state index contributed by atoms with van der Waals surface area (Å²) in [6.07, 6.45) is 14.8. The topological polar surface area (TPSA) is 58.2 Å². The molecule has 8 aliphatic carbocycles. The molecule has 8 rings (SSSR count). The van der Waals surface area contributed by atoms with Crippen molar-refractivity contribution in [3.63, 3.8) is 0 Å². The van der Waals surface area contributed by atoms with Gasteiger partial charge in [0.05, 0.1) is 0 Å². The van der Waals surface area contributed by atoms with E-state index in [0.29, 0.717) is 6.54 Å². The van der Waals surface area contributed by atoms with Gasteiger partial charge in [0.25, 0.3) is 0 Å². The van der Waals surface area contributed by atoms with Crippen LogP contribution in [0.4, 0.5) is 0 Å². The minimum Gasteiger partial charge on any atom is -0.354 e. The summed E-state index contributed by atoms with van der Waals surface area (Å²) in [5.41, 5.74) is -0.175. The Morgan fingerprint density at radius 2 is 1.03 bits per heavy atom. The smallest absolute Gasteiger partial charge is 0.226 e. The van der Waals surface area contributed by atoms with Gasteiger partial charge in [-0.3, -0.25) is 9.59 Å². The first-order chi connectivity index (χ1) is 13.9. The van der Waals surface area contributed by atoms with Crippen LogP contribution in [0.5, 0.6) is 0 Å². The van der Waals surface area contributed by atoms with E-state index in [4.69, 9.17) is 0 Å². The summed E-state index contributed by atoms with van der Waals surface area (Å²) in [7, 11) is 0. The Balaban J connectivity index is 1.05. The van der Waals surface area contributed by atoms with Crippen LogP contribution in [0, 0.1) is 46.3 Å². The van der Waals surface area contributed by atoms with Crippen molar-refractivity contribution in [2.75, 3.05) is 6.54 Å². The van der Waals surface area contributed by atoms with Crippen LogP contribution in [-0.2, 0) is 9.59 Å². The first-order valence-electron chi connectivity index (χ1n) is 12.5. The van der Waals surface area contributed by atoms with E-state index in [1.54, 1.807) is 0 Å². The molecule has 0 heterocycles. The Hall–Kier alpha value is -1.06. The van der Waals surface area contributed by atoms with Gasteiger partial charge < -0.3 is 10.6 Å². The Morgan fingerprint density at radius 1 is 0.690 bits per heavy atom. The van der Waals surface area contributed by atoms with Gasteiger partial charge in [-0.2, -0.15) is 0 Å². The molecule has 8 aliphatic rings. The number of nitrogens with one attached hydrogen (secondary N) is 2. The lowest BCUT2D eigenvalue weighted by Crippen LogP contribution is -2.57. The summed E-state index contributed by atoms with van der Waals surface area (Å²) in [5, 5.41) is 6.58. The Labute approximate surface area is 175 Å². The van der Waals surface area contributed by atoms with Gasteiger partial charge in [-0.05, 0) is 119 Å². The molecule has 4 nitrogen and oxygen atoms in total. The molecule has 2 amide bonds. The highest BCUT2D eigenvalue weighted by molar-refractivity contribution is 5.84. The van der Waals surface area contributed by atoms with E-state index in [2.05, 4.69) is 17.6 Å². The maximum Gasteiger partial charge on any atom is 0.226 e. The first-order valence-corrected chi connectivity index (χ1v) is 12.5. The number of rotatable bonds is 5. The predicted molar refractivity (Wildman–Crippen MR) is 112 cm³/mol. The van der Waals surface area contributed by atoms with Gasteiger partial charge in [-0.15, -0.1) is 0 Å². The van der Waals surface area contributed by atoms with E-state index in [9.17, 15) is 9.59 Å². The molecule has 160 valence electrons. The van der Waals surface area contributed by atoms with E-state index >= 15 is 0 Å². The van der Waals surface area contributed by atoms with Crippen LogP contribution in [0.25, 0.3) is 0 Å². The zero-order valence-electron chi connectivity index (χ0n) is 18.1. The van der Waals surface area contributed by atoms with Crippen molar-refractivity contribution < 1.29 is 9.59 Å². The van der Waals surface area contributed by atoms with Crippen LogP contribution in [0.1, 0.15) is 84.0 Å². The third-order valence-corrected chi connectivity index (χ3v) is 9.99. The molecule has 8 fully saturated rings. The van der Waals surface area contributed by atoms with Crippen LogP contribution in [0.2, 0.25) is 0 Å². The number of hydrogen-bond acceptors (Lipinski definition) is 2. The van der Waals surface area contributed by atoms with Crippen LogP contribution in [-0.4, -0.2) is 24.4 Å². The minimum absolute atomic E-state index is 0.0216. The average Bonchev–Trinajstić information content (AvgIpc) is 2.64. The number of hydrogen-bond donors (Lipinski definition) is 2. The summed E-state index contributed by atoms with van der Waals surface area (Å²) < 4.78 is 0. The summed E-state index contributed by atoms with van der Waals surface area (Å²) in [6.45, 7) is 2.65. The lowest BCUT2D eigenvalue weighted by molar-refractivity contribution is -0.148. The summed E-state index contributed by atoms with van der Waals surface area (Å²) in [5.74, 6) is 5.32. The monoisotopic (exact) mass is 398 g/mol. The molecule has 0 aromatic heterocycles. The summed E-state index contributed by atoms with van der Waals surface area (Å²) in [4.78, 5) is 26.4. The van der Waals surface area contributed by atoms with Crippen molar-refractivity contribution in [2.45, 2.75) is 90.0 Å². The minimum atomic E-state index is -0.0903. The third kappa shape index (κ3) is 3.07. The maximum absolute atomic E-state index is 13.2. The Morgan fingerprint density at radius 3 is 1.41 bits per heavy atom. The Bertz CT molecular complexity index is 643. The standard InChI is InChI=1S/C25H38N2O2/c1-15(27-23(29)25-11-19-5-20(12-25)7-21(6-19)13-25)14-26-22(28)24-8-16-2-17(9-24)4-18(3-16)10-24/h15-21H,2-14H2,1H3,(H,26,28)(H,27,29)/t15-,16?,17?,18?,19?,20?,21?,24?,25?/m1/s1. The van der Waals surface area contributed by atoms with Crippen LogP contribution in [0.3, 0.4) is 0 Å². The van der Waals surface area contributed by atoms with E-state index in [0.717, 1.165) is 74.0 Å². The van der Waals surface area contributed by atoms with Gasteiger partial charge in [-0.25, -0.2) is 0 Å². The quantitative estimate of drug-likeness (QED) is 0.734. The number of carbonyl (C=O) groups excluding carboxylic acids is 2. The van der Waals surface area contributed by atoms with Gasteiger partial charge in [0.2, 0.25) is 11.8 Å². The lowest BCUT2D eigenvalue weighted by atomic mass is 9.49. The second-order valence-corrected chi connectivity index (χ2v) is 12.5. The van der Waals surface area contributed by atoms with E-state index < -0.39 is 0 Å². The van der Waals surface area contributed by atoms with Crippen molar-refractivity contribution in [2.24, 2.45) is 46.3 Å². The fourth-order valence-corrected chi connectivity index (χ4v) is 9.64. The Kier molecular flexibility index (Phi) is 4.17. The lowest BCUT2D eigenvalue weighted by Gasteiger charge is -2.56. The molecule has 0 unspecified atom stereocenters. The number of amides is 2. The highest BCUT2D eigenvalue weighted by Gasteiger charge is 2.56. The zero-order valence-corrected chi connectivity index (χ0v) is 18.1. The van der Waals surface area contributed by atoms with Crippen molar-refractivity contribution in [1.82, 2.24) is 10.6 Å². The molecule has 0 aromatic carbocycles. The highest BCUT2D eigenvalue weighted by atomic mass is 16.2. The maximum atomic E-state index is 13.2. The van der Waals surface area contributed by atoms with E-state index in [1.807, 2.05) is 0 Å². The second-order valence-electron chi connectivity index (χ2n) is 12.5. The molecule has 0 saturated heterocycles. The van der Waals surface area contributed by atoms with Gasteiger partial charge in [-0.1, -0.05) is 0 Å². The van der Waals surface area contributed by atoms with Gasteiger partial charge in [0.1, 0.15) is 0 Å². The first kappa shape index (κ1) is 18.7. The molecule has 1 atom stereocenters. The SMILES string of the molecule is C[C@H](CNC(=O)C12CC3CC(CC(C3)C1)C2)NC(=O)C12CC3CC(CC(C3)C1)C2. The highest BCUT2D eigenvalue weighted by Crippen LogP contribution is 2.61. The van der Waals surface area contributed by atoms with E-state index in [-0.39, 0.29) is 28.7 Å². The van der Waals surface area contributed by atoms with Crippen molar-refractivity contribution in [3.05, 3.63) is 0 Å². The molecule has 8 saturated carbocycles. The molecular formula is C25H38N2O2. The van der Waals surface area contributed by atoms with Gasteiger partial charge in [0, 0.05) is 23.4 Å². The molecular weight excluding hydrogens is 360 g/mol. The normalized spacial score (nSPS) is 49.8. The zero-order chi connectivity index (χ0) is 19.8. The molecule has 0 aliphatic heterocycles. The second kappa shape index (κ2) is 6.47.